The SMILES string of the molecule is Cc1ncnn1-c1cccc(NCc2cn(C)nc2-c2ccccc2)c1. The summed E-state index contributed by atoms with van der Waals surface area (Å²) in [6.45, 7) is 2.63. The predicted octanol–water partition coefficient (Wildman–Crippen LogP) is 3.59. The summed E-state index contributed by atoms with van der Waals surface area (Å²) in [7, 11) is 1.95. The van der Waals surface area contributed by atoms with Gasteiger partial charge in [-0.3, -0.25) is 4.68 Å². The smallest absolute Gasteiger partial charge is 0.138 e. The summed E-state index contributed by atoms with van der Waals surface area (Å²) in [6.07, 6.45) is 3.62. The lowest BCUT2D eigenvalue weighted by molar-refractivity contribution is 0.770. The maximum absolute atomic E-state index is 4.62. The molecule has 0 saturated heterocycles. The lowest BCUT2D eigenvalue weighted by Crippen LogP contribution is -2.03. The molecule has 0 aliphatic heterocycles. The van der Waals surface area contributed by atoms with E-state index in [9.17, 15) is 0 Å². The Morgan fingerprint density at radius 2 is 1.88 bits per heavy atom. The van der Waals surface area contributed by atoms with Crippen molar-refractivity contribution < 1.29 is 0 Å². The highest BCUT2D eigenvalue weighted by Crippen LogP contribution is 2.23. The number of hydrogen-bond acceptors (Lipinski definition) is 4. The Labute approximate surface area is 152 Å². The number of rotatable bonds is 5. The number of anilines is 1. The third-order valence-electron chi connectivity index (χ3n) is 4.24. The number of nitrogens with zero attached hydrogens (tertiary/aromatic N) is 5. The zero-order valence-corrected chi connectivity index (χ0v) is 14.8. The molecule has 0 amide bonds. The molecule has 26 heavy (non-hydrogen) atoms. The first-order valence-electron chi connectivity index (χ1n) is 8.49. The van der Waals surface area contributed by atoms with E-state index in [4.69, 9.17) is 0 Å². The molecule has 2 heterocycles. The van der Waals surface area contributed by atoms with Crippen molar-refractivity contribution >= 4 is 5.69 Å². The van der Waals surface area contributed by atoms with Gasteiger partial charge in [0.15, 0.2) is 0 Å². The predicted molar refractivity (Wildman–Crippen MR) is 102 cm³/mol. The Bertz CT molecular complexity index is 1020. The van der Waals surface area contributed by atoms with Gasteiger partial charge in [-0.05, 0) is 25.1 Å². The second-order valence-corrected chi connectivity index (χ2v) is 6.17. The second kappa shape index (κ2) is 6.84. The van der Waals surface area contributed by atoms with E-state index in [1.54, 1.807) is 6.33 Å². The van der Waals surface area contributed by atoms with Crippen molar-refractivity contribution in [3.63, 3.8) is 0 Å². The highest BCUT2D eigenvalue weighted by Gasteiger charge is 2.10. The molecular formula is C20H20N6. The molecular weight excluding hydrogens is 324 g/mol. The fourth-order valence-electron chi connectivity index (χ4n) is 3.00. The molecule has 4 rings (SSSR count). The Balaban J connectivity index is 1.56. The third kappa shape index (κ3) is 3.21. The number of benzene rings is 2. The number of aryl methyl sites for hydroxylation is 2. The van der Waals surface area contributed by atoms with Gasteiger partial charge in [0.2, 0.25) is 0 Å². The van der Waals surface area contributed by atoms with Gasteiger partial charge >= 0.3 is 0 Å². The van der Waals surface area contributed by atoms with Gasteiger partial charge < -0.3 is 5.32 Å². The molecule has 0 atom stereocenters. The quantitative estimate of drug-likeness (QED) is 0.601. The number of hydrogen-bond donors (Lipinski definition) is 1. The summed E-state index contributed by atoms with van der Waals surface area (Å²) in [6, 6.07) is 18.4. The van der Waals surface area contributed by atoms with Crippen LogP contribution in [0.3, 0.4) is 0 Å². The molecule has 2 aromatic heterocycles. The molecule has 2 aromatic carbocycles. The highest BCUT2D eigenvalue weighted by molar-refractivity contribution is 5.63. The molecule has 4 aromatic rings. The van der Waals surface area contributed by atoms with Crippen LogP contribution in [-0.4, -0.2) is 24.5 Å². The minimum Gasteiger partial charge on any atom is -0.381 e. The topological polar surface area (TPSA) is 60.6 Å². The monoisotopic (exact) mass is 344 g/mol. The molecule has 6 nitrogen and oxygen atoms in total. The van der Waals surface area contributed by atoms with Crippen LogP contribution >= 0.6 is 0 Å². The fraction of sp³-hybridized carbons (Fsp3) is 0.150. The van der Waals surface area contributed by atoms with E-state index in [0.717, 1.165) is 34.0 Å². The van der Waals surface area contributed by atoms with Crippen LogP contribution in [0.15, 0.2) is 67.1 Å². The maximum Gasteiger partial charge on any atom is 0.138 e. The van der Waals surface area contributed by atoms with Crippen molar-refractivity contribution in [2.75, 3.05) is 5.32 Å². The van der Waals surface area contributed by atoms with Crippen LogP contribution in [0.5, 0.6) is 0 Å². The summed E-state index contributed by atoms with van der Waals surface area (Å²) < 4.78 is 3.68. The molecule has 0 saturated carbocycles. The van der Waals surface area contributed by atoms with Gasteiger partial charge in [0.1, 0.15) is 12.2 Å². The Kier molecular flexibility index (Phi) is 4.23. The molecule has 0 radical (unpaired) electrons. The molecule has 1 N–H and O–H groups in total. The largest absolute Gasteiger partial charge is 0.381 e. The van der Waals surface area contributed by atoms with Crippen molar-refractivity contribution in [2.24, 2.45) is 7.05 Å². The number of nitrogens with one attached hydrogen (secondary N) is 1. The minimum atomic E-state index is 0.692. The van der Waals surface area contributed by atoms with E-state index in [2.05, 4.69) is 44.9 Å². The zero-order chi connectivity index (χ0) is 17.9. The fourth-order valence-corrected chi connectivity index (χ4v) is 3.00. The Morgan fingerprint density at radius 1 is 1.04 bits per heavy atom. The van der Waals surface area contributed by atoms with Crippen molar-refractivity contribution in [3.05, 3.63) is 78.5 Å². The third-order valence-corrected chi connectivity index (χ3v) is 4.24. The molecule has 0 aliphatic rings. The molecule has 6 heteroatoms. The first-order chi connectivity index (χ1) is 12.7. The van der Waals surface area contributed by atoms with Gasteiger partial charge in [0.25, 0.3) is 0 Å². The van der Waals surface area contributed by atoms with Crippen molar-refractivity contribution in [1.82, 2.24) is 24.5 Å². The highest BCUT2D eigenvalue weighted by atomic mass is 15.3. The number of aromatic nitrogens is 5. The van der Waals surface area contributed by atoms with Crippen LogP contribution in [0.25, 0.3) is 16.9 Å². The molecule has 0 fully saturated rings. The summed E-state index contributed by atoms with van der Waals surface area (Å²) in [4.78, 5) is 4.18. The van der Waals surface area contributed by atoms with Gasteiger partial charge in [0, 0.05) is 36.6 Å². The second-order valence-electron chi connectivity index (χ2n) is 6.17. The lowest BCUT2D eigenvalue weighted by atomic mass is 10.1. The van der Waals surface area contributed by atoms with Crippen LogP contribution < -0.4 is 5.32 Å². The maximum atomic E-state index is 4.62. The first-order valence-corrected chi connectivity index (χ1v) is 8.49. The first kappa shape index (κ1) is 16.1. The van der Waals surface area contributed by atoms with Crippen LogP contribution in [0.1, 0.15) is 11.4 Å². The van der Waals surface area contributed by atoms with E-state index in [1.807, 2.05) is 59.7 Å². The van der Waals surface area contributed by atoms with Crippen LogP contribution in [0.2, 0.25) is 0 Å². The summed E-state index contributed by atoms with van der Waals surface area (Å²) in [5, 5.41) is 12.4. The van der Waals surface area contributed by atoms with Crippen molar-refractivity contribution in [3.8, 4) is 16.9 Å². The molecule has 0 unspecified atom stereocenters. The minimum absolute atomic E-state index is 0.692. The molecule has 130 valence electrons. The van der Waals surface area contributed by atoms with E-state index in [1.165, 1.54) is 0 Å². The summed E-state index contributed by atoms with van der Waals surface area (Å²) in [5.41, 5.74) is 5.29. The molecule has 0 bridgehead atoms. The zero-order valence-electron chi connectivity index (χ0n) is 14.8. The van der Waals surface area contributed by atoms with Gasteiger partial charge in [-0.15, -0.1) is 0 Å². The van der Waals surface area contributed by atoms with E-state index in [-0.39, 0.29) is 0 Å². The van der Waals surface area contributed by atoms with Crippen molar-refractivity contribution in [2.45, 2.75) is 13.5 Å². The Hall–Kier alpha value is -3.41. The van der Waals surface area contributed by atoms with E-state index >= 15 is 0 Å². The lowest BCUT2D eigenvalue weighted by Gasteiger charge is -2.09. The van der Waals surface area contributed by atoms with Crippen molar-refractivity contribution in [1.29, 1.82) is 0 Å². The van der Waals surface area contributed by atoms with E-state index in [0.29, 0.717) is 6.54 Å². The van der Waals surface area contributed by atoms with Gasteiger partial charge in [-0.1, -0.05) is 36.4 Å². The van der Waals surface area contributed by atoms with Gasteiger partial charge in [-0.2, -0.15) is 10.2 Å². The molecule has 0 aliphatic carbocycles. The average molecular weight is 344 g/mol. The van der Waals surface area contributed by atoms with Crippen LogP contribution in [-0.2, 0) is 13.6 Å². The normalized spacial score (nSPS) is 10.8. The van der Waals surface area contributed by atoms with Gasteiger partial charge in [-0.25, -0.2) is 9.67 Å². The molecule has 0 spiro atoms. The standard InChI is InChI=1S/C20H20N6/c1-15-22-14-23-26(15)19-10-6-9-18(11-19)21-12-17-13-25(2)24-20(17)16-7-4-3-5-8-16/h3-11,13-14,21H,12H2,1-2H3. The van der Waals surface area contributed by atoms with E-state index < -0.39 is 0 Å². The van der Waals surface area contributed by atoms with Gasteiger partial charge in [0.05, 0.1) is 11.4 Å². The van der Waals surface area contributed by atoms with Crippen LogP contribution in [0, 0.1) is 6.92 Å². The summed E-state index contributed by atoms with van der Waals surface area (Å²) >= 11 is 0. The van der Waals surface area contributed by atoms with Crippen LogP contribution in [0.4, 0.5) is 5.69 Å². The summed E-state index contributed by atoms with van der Waals surface area (Å²) in [5.74, 6) is 0.862. The Morgan fingerprint density at radius 3 is 2.65 bits per heavy atom. The average Bonchev–Trinajstić information content (AvgIpc) is 3.26.